The van der Waals surface area contributed by atoms with E-state index < -0.39 is 0 Å². The van der Waals surface area contributed by atoms with E-state index in [-0.39, 0.29) is 18.4 Å². The van der Waals surface area contributed by atoms with Gasteiger partial charge in [-0.05, 0) is 6.07 Å². The van der Waals surface area contributed by atoms with Crippen LogP contribution in [0.25, 0.3) is 5.70 Å². The van der Waals surface area contributed by atoms with Crippen LogP contribution in [-0.4, -0.2) is 33.5 Å². The van der Waals surface area contributed by atoms with Crippen LogP contribution >= 0.6 is 11.3 Å². The summed E-state index contributed by atoms with van der Waals surface area (Å²) in [5.74, 6) is -0.540. The van der Waals surface area contributed by atoms with Crippen molar-refractivity contribution in [2.45, 2.75) is 0 Å². The second-order valence-electron chi connectivity index (χ2n) is 4.18. The largest absolute Gasteiger partial charge is 0.299 e. The first-order valence-corrected chi connectivity index (χ1v) is 6.71. The maximum Gasteiger partial charge on any atom is 0.259 e. The van der Waals surface area contributed by atoms with Gasteiger partial charge in [0.15, 0.2) is 0 Å². The Kier molecular flexibility index (Phi) is 3.03. The highest BCUT2D eigenvalue weighted by Crippen LogP contribution is 2.30. The SMILES string of the molecule is C=C1c2ccccc2C(=O)N1CC(=O)Nc1nncs1. The van der Waals surface area contributed by atoms with E-state index in [1.54, 1.807) is 12.1 Å². The lowest BCUT2D eigenvalue weighted by molar-refractivity contribution is -0.116. The van der Waals surface area contributed by atoms with E-state index >= 15 is 0 Å². The molecular formula is C13H10N4O2S. The standard InChI is InChI=1S/C13H10N4O2S/c1-8-9-4-2-3-5-10(9)12(19)17(8)6-11(18)15-13-16-14-7-20-13/h2-5,7H,1,6H2,(H,15,16,18). The summed E-state index contributed by atoms with van der Waals surface area (Å²) in [6, 6.07) is 7.17. The van der Waals surface area contributed by atoms with Crippen LogP contribution in [0.1, 0.15) is 15.9 Å². The predicted octanol–water partition coefficient (Wildman–Crippen LogP) is 1.60. The molecule has 2 aromatic rings. The Hall–Kier alpha value is -2.54. The minimum Gasteiger partial charge on any atom is -0.299 e. The molecule has 0 atom stereocenters. The van der Waals surface area contributed by atoms with E-state index in [4.69, 9.17) is 0 Å². The van der Waals surface area contributed by atoms with Crippen molar-refractivity contribution in [3.05, 3.63) is 47.5 Å². The smallest absolute Gasteiger partial charge is 0.259 e. The molecule has 3 rings (SSSR count). The Morgan fingerprint density at radius 2 is 2.10 bits per heavy atom. The zero-order chi connectivity index (χ0) is 14.1. The first kappa shape index (κ1) is 12.5. The number of anilines is 1. The van der Waals surface area contributed by atoms with Gasteiger partial charge in [-0.15, -0.1) is 10.2 Å². The first-order chi connectivity index (χ1) is 9.66. The maximum absolute atomic E-state index is 12.2. The topological polar surface area (TPSA) is 75.2 Å². The number of benzene rings is 1. The van der Waals surface area contributed by atoms with Crippen molar-refractivity contribution in [3.8, 4) is 0 Å². The number of hydrogen-bond donors (Lipinski definition) is 1. The zero-order valence-electron chi connectivity index (χ0n) is 10.4. The predicted molar refractivity (Wildman–Crippen MR) is 75.1 cm³/mol. The molecule has 0 aliphatic carbocycles. The average Bonchev–Trinajstić information content (AvgIpc) is 3.03. The monoisotopic (exact) mass is 286 g/mol. The average molecular weight is 286 g/mol. The summed E-state index contributed by atoms with van der Waals surface area (Å²) in [6.07, 6.45) is 0. The molecule has 7 heteroatoms. The summed E-state index contributed by atoms with van der Waals surface area (Å²) in [4.78, 5) is 25.5. The molecule has 1 aromatic carbocycles. The normalized spacial score (nSPS) is 13.5. The van der Waals surface area contributed by atoms with Crippen molar-refractivity contribution < 1.29 is 9.59 Å². The molecule has 2 amide bonds. The van der Waals surface area contributed by atoms with E-state index in [0.717, 1.165) is 5.56 Å². The molecule has 1 N–H and O–H groups in total. The number of nitrogens with one attached hydrogen (secondary N) is 1. The van der Waals surface area contributed by atoms with Gasteiger partial charge in [0, 0.05) is 16.8 Å². The number of rotatable bonds is 3. The molecular weight excluding hydrogens is 276 g/mol. The summed E-state index contributed by atoms with van der Waals surface area (Å²) in [5, 5.41) is 10.3. The molecule has 1 aliphatic heterocycles. The Bertz CT molecular complexity index is 661. The van der Waals surface area contributed by atoms with Gasteiger partial charge in [0.05, 0.1) is 0 Å². The van der Waals surface area contributed by atoms with Gasteiger partial charge in [0.1, 0.15) is 12.1 Å². The Morgan fingerprint density at radius 1 is 1.35 bits per heavy atom. The third kappa shape index (κ3) is 2.08. The zero-order valence-corrected chi connectivity index (χ0v) is 11.2. The fraction of sp³-hybridized carbons (Fsp3) is 0.0769. The molecule has 0 radical (unpaired) electrons. The van der Waals surface area contributed by atoms with Crippen LogP contribution in [0, 0.1) is 0 Å². The number of amides is 2. The fourth-order valence-electron chi connectivity index (χ4n) is 2.03. The van der Waals surface area contributed by atoms with Crippen molar-refractivity contribution in [2.24, 2.45) is 0 Å². The van der Waals surface area contributed by atoms with Crippen LogP contribution in [0.4, 0.5) is 5.13 Å². The number of aromatic nitrogens is 2. The van der Waals surface area contributed by atoms with Gasteiger partial charge in [-0.2, -0.15) is 0 Å². The van der Waals surface area contributed by atoms with Crippen LogP contribution in [0.5, 0.6) is 0 Å². The molecule has 2 heterocycles. The van der Waals surface area contributed by atoms with Crippen LogP contribution in [0.2, 0.25) is 0 Å². The molecule has 0 bridgehead atoms. The molecule has 1 aromatic heterocycles. The molecule has 20 heavy (non-hydrogen) atoms. The van der Waals surface area contributed by atoms with Gasteiger partial charge < -0.3 is 0 Å². The minimum atomic E-state index is -0.330. The highest BCUT2D eigenvalue weighted by Gasteiger charge is 2.31. The number of fused-ring (bicyclic) bond motifs is 1. The van der Waals surface area contributed by atoms with Crippen molar-refractivity contribution in [3.63, 3.8) is 0 Å². The van der Waals surface area contributed by atoms with Crippen molar-refractivity contribution in [1.29, 1.82) is 0 Å². The van der Waals surface area contributed by atoms with E-state index in [9.17, 15) is 9.59 Å². The fourth-order valence-corrected chi connectivity index (χ4v) is 2.49. The molecule has 100 valence electrons. The van der Waals surface area contributed by atoms with Gasteiger partial charge in [-0.3, -0.25) is 19.8 Å². The number of nitrogens with zero attached hydrogens (tertiary/aromatic N) is 3. The molecule has 0 fully saturated rings. The van der Waals surface area contributed by atoms with E-state index in [0.29, 0.717) is 16.4 Å². The lowest BCUT2D eigenvalue weighted by atomic mass is 10.1. The number of carbonyl (C=O) groups is 2. The van der Waals surface area contributed by atoms with Gasteiger partial charge in [-0.1, -0.05) is 36.1 Å². The summed E-state index contributed by atoms with van der Waals surface area (Å²) >= 11 is 1.22. The molecule has 0 saturated carbocycles. The second-order valence-corrected chi connectivity index (χ2v) is 5.01. The van der Waals surface area contributed by atoms with Crippen LogP contribution in [-0.2, 0) is 4.79 Å². The van der Waals surface area contributed by atoms with E-state index in [2.05, 4.69) is 22.1 Å². The molecule has 0 spiro atoms. The van der Waals surface area contributed by atoms with Gasteiger partial charge in [0.25, 0.3) is 5.91 Å². The molecule has 6 nitrogen and oxygen atoms in total. The molecule has 0 unspecified atom stereocenters. The highest BCUT2D eigenvalue weighted by molar-refractivity contribution is 7.13. The first-order valence-electron chi connectivity index (χ1n) is 5.83. The third-order valence-electron chi connectivity index (χ3n) is 2.95. The summed E-state index contributed by atoms with van der Waals surface area (Å²) in [6.45, 7) is 3.79. The van der Waals surface area contributed by atoms with Crippen LogP contribution < -0.4 is 5.32 Å². The van der Waals surface area contributed by atoms with Crippen molar-refractivity contribution in [2.75, 3.05) is 11.9 Å². The van der Waals surface area contributed by atoms with Crippen molar-refractivity contribution in [1.82, 2.24) is 15.1 Å². The summed E-state index contributed by atoms with van der Waals surface area (Å²) < 4.78 is 0. The Labute approximate surface area is 118 Å². The third-order valence-corrected chi connectivity index (χ3v) is 3.55. The summed E-state index contributed by atoms with van der Waals surface area (Å²) in [7, 11) is 0. The van der Waals surface area contributed by atoms with E-state index in [1.165, 1.54) is 21.7 Å². The quantitative estimate of drug-likeness (QED) is 0.930. The van der Waals surface area contributed by atoms with Gasteiger partial charge in [-0.25, -0.2) is 0 Å². The Balaban J connectivity index is 1.75. The molecule has 0 saturated heterocycles. The van der Waals surface area contributed by atoms with Crippen LogP contribution in [0.15, 0.2) is 36.4 Å². The van der Waals surface area contributed by atoms with E-state index in [1.807, 2.05) is 12.1 Å². The van der Waals surface area contributed by atoms with Crippen molar-refractivity contribution >= 4 is 34.0 Å². The molecule has 1 aliphatic rings. The highest BCUT2D eigenvalue weighted by atomic mass is 32.1. The summed E-state index contributed by atoms with van der Waals surface area (Å²) in [5.41, 5.74) is 3.39. The number of carbonyl (C=O) groups excluding carboxylic acids is 2. The Morgan fingerprint density at radius 3 is 2.75 bits per heavy atom. The number of hydrogen-bond acceptors (Lipinski definition) is 5. The lowest BCUT2D eigenvalue weighted by Crippen LogP contribution is -2.32. The van der Waals surface area contributed by atoms with Gasteiger partial charge >= 0.3 is 0 Å². The maximum atomic E-state index is 12.2. The second kappa shape index (κ2) is 4.86. The minimum absolute atomic E-state index is 0.0913. The van der Waals surface area contributed by atoms with Gasteiger partial charge in [0.2, 0.25) is 11.0 Å². The lowest BCUT2D eigenvalue weighted by Gasteiger charge is -2.16. The van der Waals surface area contributed by atoms with Crippen LogP contribution in [0.3, 0.4) is 0 Å².